The number of aliphatic hydroxyl groups is 1. The molecule has 1 aliphatic rings. The zero-order chi connectivity index (χ0) is 24.2. The molecule has 1 amide bonds. The Morgan fingerprint density at radius 2 is 2.06 bits per heavy atom. The lowest BCUT2D eigenvalue weighted by atomic mass is 9.84. The number of rotatable bonds is 7. The molecule has 178 valence electrons. The fourth-order valence-corrected chi connectivity index (χ4v) is 3.84. The number of pyridine rings is 1. The van der Waals surface area contributed by atoms with E-state index in [0.717, 1.165) is 17.6 Å². The van der Waals surface area contributed by atoms with E-state index in [1.165, 1.54) is 6.07 Å². The Bertz CT molecular complexity index is 1030. The van der Waals surface area contributed by atoms with Crippen molar-refractivity contribution >= 4 is 29.3 Å². The molecule has 1 fully saturated rings. The predicted octanol–water partition coefficient (Wildman–Crippen LogP) is 2.62. The first kappa shape index (κ1) is 24.3. The van der Waals surface area contributed by atoms with Gasteiger partial charge in [-0.15, -0.1) is 0 Å². The van der Waals surface area contributed by atoms with Gasteiger partial charge in [0, 0.05) is 29.6 Å². The SMILES string of the molecule is CCOc1cc(N)c(C=NC2CCC(C)(O)CC2)cc1NC(=O)c1cccc(N(C)C)[n+]1O. The number of aromatic nitrogens is 1. The van der Waals surface area contributed by atoms with Crippen LogP contribution in [0.3, 0.4) is 0 Å². The smallest absolute Gasteiger partial charge is 0.316 e. The third-order valence-electron chi connectivity index (χ3n) is 5.83. The van der Waals surface area contributed by atoms with Gasteiger partial charge in [0.2, 0.25) is 5.69 Å². The number of nitrogens with zero attached hydrogens (tertiary/aromatic N) is 3. The van der Waals surface area contributed by atoms with Crippen LogP contribution in [0, 0.1) is 0 Å². The Labute approximate surface area is 194 Å². The van der Waals surface area contributed by atoms with Crippen molar-refractivity contribution in [2.45, 2.75) is 51.2 Å². The summed E-state index contributed by atoms with van der Waals surface area (Å²) in [5.74, 6) is 0.399. The van der Waals surface area contributed by atoms with Crippen molar-refractivity contribution in [3.05, 3.63) is 41.6 Å². The number of aliphatic imine (C=N–C) groups is 1. The van der Waals surface area contributed by atoms with Gasteiger partial charge in [0.1, 0.15) is 5.75 Å². The van der Waals surface area contributed by atoms with Crippen molar-refractivity contribution < 1.29 is 24.6 Å². The highest BCUT2D eigenvalue weighted by Crippen LogP contribution is 2.32. The first-order valence-electron chi connectivity index (χ1n) is 11.2. The van der Waals surface area contributed by atoms with E-state index >= 15 is 0 Å². The van der Waals surface area contributed by atoms with Crippen LogP contribution in [0.2, 0.25) is 0 Å². The van der Waals surface area contributed by atoms with E-state index in [4.69, 9.17) is 10.5 Å². The Kier molecular flexibility index (Phi) is 7.43. The molecule has 5 N–H and O–H groups in total. The molecule has 0 spiro atoms. The monoisotopic (exact) mass is 456 g/mol. The van der Waals surface area contributed by atoms with Crippen molar-refractivity contribution in [2.75, 3.05) is 36.7 Å². The Morgan fingerprint density at radius 3 is 2.70 bits per heavy atom. The van der Waals surface area contributed by atoms with Gasteiger partial charge < -0.3 is 26.1 Å². The molecular weight excluding hydrogens is 422 g/mol. The number of nitrogen functional groups attached to an aromatic ring is 1. The van der Waals surface area contributed by atoms with Crippen molar-refractivity contribution in [3.63, 3.8) is 0 Å². The number of nitrogens with two attached hydrogens (primary N) is 1. The molecular formula is C24H34N5O4+. The summed E-state index contributed by atoms with van der Waals surface area (Å²) >= 11 is 0. The van der Waals surface area contributed by atoms with E-state index < -0.39 is 11.5 Å². The summed E-state index contributed by atoms with van der Waals surface area (Å²) in [6.07, 6.45) is 4.75. The van der Waals surface area contributed by atoms with Gasteiger partial charge in [-0.3, -0.25) is 14.7 Å². The molecule has 2 aromatic rings. The Balaban J connectivity index is 1.86. The van der Waals surface area contributed by atoms with Gasteiger partial charge in [0.25, 0.3) is 5.91 Å². The summed E-state index contributed by atoms with van der Waals surface area (Å²) in [6, 6.07) is 8.43. The van der Waals surface area contributed by atoms with Crippen molar-refractivity contribution in [1.29, 1.82) is 0 Å². The molecule has 1 aromatic heterocycles. The first-order valence-corrected chi connectivity index (χ1v) is 11.2. The first-order chi connectivity index (χ1) is 15.6. The summed E-state index contributed by atoms with van der Waals surface area (Å²) in [6.45, 7) is 4.10. The van der Waals surface area contributed by atoms with E-state index in [-0.39, 0.29) is 11.7 Å². The fraction of sp³-hybridized carbons (Fsp3) is 0.458. The Morgan fingerprint density at radius 1 is 1.36 bits per heavy atom. The lowest BCUT2D eigenvalue weighted by molar-refractivity contribution is -0.895. The minimum absolute atomic E-state index is 0.0740. The molecule has 0 bridgehead atoms. The minimum atomic E-state index is -0.616. The average molecular weight is 457 g/mol. The van der Waals surface area contributed by atoms with E-state index in [1.807, 2.05) is 13.8 Å². The van der Waals surface area contributed by atoms with E-state index in [1.54, 1.807) is 49.5 Å². The lowest BCUT2D eigenvalue weighted by Crippen LogP contribution is -2.44. The van der Waals surface area contributed by atoms with Crippen molar-refractivity contribution in [2.24, 2.45) is 4.99 Å². The molecule has 0 radical (unpaired) electrons. The lowest BCUT2D eigenvalue weighted by Gasteiger charge is -2.31. The number of anilines is 3. The number of hydrogen-bond donors (Lipinski definition) is 4. The van der Waals surface area contributed by atoms with Crippen LogP contribution >= 0.6 is 0 Å². The van der Waals surface area contributed by atoms with Crippen LogP contribution in [-0.2, 0) is 0 Å². The maximum atomic E-state index is 13.0. The number of amides is 1. The standard InChI is InChI=1S/C24H33N5O4/c1-5-33-21-14-18(25)16(15-26-17-9-11-24(2,31)12-10-17)13-19(21)27-23(30)20-7-6-8-22(28(3)4)29(20)32/h6-8,13-15,17,25,30-32H,5,9-12H2,1-4H3/p+1. The van der Waals surface area contributed by atoms with Gasteiger partial charge in [-0.2, -0.15) is 0 Å². The van der Waals surface area contributed by atoms with Crippen LogP contribution in [-0.4, -0.2) is 54.8 Å². The predicted molar refractivity (Wildman–Crippen MR) is 129 cm³/mol. The largest absolute Gasteiger partial charge is 0.492 e. The number of hydrogen-bond acceptors (Lipinski definition) is 7. The molecule has 0 saturated heterocycles. The summed E-state index contributed by atoms with van der Waals surface area (Å²) in [7, 11) is 3.55. The normalized spacial score (nSPS) is 20.6. The number of nitrogens with one attached hydrogen (secondary N) is 1. The summed E-state index contributed by atoms with van der Waals surface area (Å²) in [5.41, 5.74) is 7.25. The zero-order valence-corrected chi connectivity index (χ0v) is 19.7. The van der Waals surface area contributed by atoms with Crippen LogP contribution in [0.4, 0.5) is 17.2 Å². The maximum absolute atomic E-state index is 13.0. The highest BCUT2D eigenvalue weighted by Gasteiger charge is 2.28. The summed E-state index contributed by atoms with van der Waals surface area (Å²) < 4.78 is 6.52. The number of carbonyl (C=O) groups is 1. The van der Waals surface area contributed by atoms with Crippen LogP contribution in [0.25, 0.3) is 0 Å². The van der Waals surface area contributed by atoms with Crippen molar-refractivity contribution in [3.8, 4) is 5.75 Å². The molecule has 3 rings (SSSR count). The molecule has 1 aromatic carbocycles. The van der Waals surface area contributed by atoms with Gasteiger partial charge in [0.05, 0.1) is 38.0 Å². The van der Waals surface area contributed by atoms with Gasteiger partial charge in [0.15, 0.2) is 0 Å². The highest BCUT2D eigenvalue weighted by atomic mass is 16.5. The summed E-state index contributed by atoms with van der Waals surface area (Å²) in [5, 5.41) is 23.4. The maximum Gasteiger partial charge on any atom is 0.316 e. The fourth-order valence-electron chi connectivity index (χ4n) is 3.84. The Hall–Kier alpha value is -3.33. The molecule has 9 nitrogen and oxygen atoms in total. The highest BCUT2D eigenvalue weighted by molar-refractivity contribution is 6.04. The molecule has 1 saturated carbocycles. The van der Waals surface area contributed by atoms with Crippen LogP contribution in [0.5, 0.6) is 5.75 Å². The third-order valence-corrected chi connectivity index (χ3v) is 5.83. The van der Waals surface area contributed by atoms with Gasteiger partial charge in [-0.05, 0) is 62.5 Å². The quantitative estimate of drug-likeness (QED) is 0.220. The second-order valence-electron chi connectivity index (χ2n) is 8.85. The van der Waals surface area contributed by atoms with E-state index in [9.17, 15) is 15.1 Å². The zero-order valence-electron chi connectivity index (χ0n) is 19.7. The summed E-state index contributed by atoms with van der Waals surface area (Å²) in [4.78, 5) is 19.3. The molecule has 1 aliphatic carbocycles. The molecule has 9 heteroatoms. The van der Waals surface area contributed by atoms with Gasteiger partial charge in [-0.25, -0.2) is 0 Å². The van der Waals surface area contributed by atoms with E-state index in [0.29, 0.717) is 48.0 Å². The van der Waals surface area contributed by atoms with E-state index in [2.05, 4.69) is 10.3 Å². The van der Waals surface area contributed by atoms with Crippen LogP contribution < -0.4 is 25.4 Å². The van der Waals surface area contributed by atoms with Crippen molar-refractivity contribution in [1.82, 2.24) is 0 Å². The van der Waals surface area contributed by atoms with Gasteiger partial charge >= 0.3 is 5.82 Å². The topological polar surface area (TPSA) is 124 Å². The second kappa shape index (κ2) is 10.1. The molecule has 0 unspecified atom stereocenters. The second-order valence-corrected chi connectivity index (χ2v) is 8.85. The third kappa shape index (κ3) is 5.92. The minimum Gasteiger partial charge on any atom is -0.492 e. The average Bonchev–Trinajstić information content (AvgIpc) is 2.75. The van der Waals surface area contributed by atoms with Gasteiger partial charge in [-0.1, -0.05) is 0 Å². The number of benzene rings is 1. The number of ether oxygens (including phenoxy) is 1. The molecule has 0 atom stereocenters. The molecule has 0 aliphatic heterocycles. The molecule has 1 heterocycles. The van der Waals surface area contributed by atoms with Crippen LogP contribution in [0.15, 0.2) is 35.3 Å². The number of carbonyl (C=O) groups excluding carboxylic acids is 1. The molecule has 33 heavy (non-hydrogen) atoms. The van der Waals surface area contributed by atoms with Crippen LogP contribution in [0.1, 0.15) is 55.6 Å².